The minimum atomic E-state index is -3.20. The van der Waals surface area contributed by atoms with E-state index in [0.29, 0.717) is 12.0 Å². The number of likely N-dealkylation sites (tertiary alicyclic amines) is 1. The number of aliphatic carboxylic acids is 1. The minimum Gasteiger partial charge on any atom is -0.480 e. The zero-order valence-corrected chi connectivity index (χ0v) is 25.5. The largest absolute Gasteiger partial charge is 0.480 e. The van der Waals surface area contributed by atoms with Crippen LogP contribution < -0.4 is 10.6 Å². The van der Waals surface area contributed by atoms with Crippen LogP contribution in [0.1, 0.15) is 62.0 Å². The summed E-state index contributed by atoms with van der Waals surface area (Å²) in [5.41, 5.74) is -1.18. The number of amides is 4. The highest BCUT2D eigenvalue weighted by molar-refractivity contribution is 5.99. The van der Waals surface area contributed by atoms with E-state index >= 15 is 0 Å². The summed E-state index contributed by atoms with van der Waals surface area (Å²) < 4.78 is 35.3. The summed E-state index contributed by atoms with van der Waals surface area (Å²) in [7, 11) is 0. The number of hydrogen-bond donors (Lipinski definition) is 3. The van der Waals surface area contributed by atoms with Crippen molar-refractivity contribution >= 4 is 29.8 Å². The lowest BCUT2D eigenvalue weighted by Crippen LogP contribution is -2.47. The first-order valence-electron chi connectivity index (χ1n) is 14.7. The van der Waals surface area contributed by atoms with E-state index in [1.165, 1.54) is 47.1 Å². The van der Waals surface area contributed by atoms with Crippen LogP contribution in [0.5, 0.6) is 0 Å². The first-order chi connectivity index (χ1) is 21.0. The average Bonchev–Trinajstić information content (AvgIpc) is 3.47. The molecule has 11 nitrogen and oxygen atoms in total. The Morgan fingerprint density at radius 1 is 1.02 bits per heavy atom. The number of ether oxygens (including phenoxy) is 1. The van der Waals surface area contributed by atoms with E-state index < -0.39 is 59.4 Å². The Hall–Kier alpha value is -4.55. The molecule has 0 radical (unpaired) electrons. The molecule has 3 N–H and O–H groups in total. The van der Waals surface area contributed by atoms with Gasteiger partial charge in [0, 0.05) is 54.7 Å². The van der Waals surface area contributed by atoms with Gasteiger partial charge in [0.2, 0.25) is 11.8 Å². The maximum atomic E-state index is 14.9. The Labute approximate surface area is 258 Å². The van der Waals surface area contributed by atoms with E-state index in [1.807, 2.05) is 0 Å². The van der Waals surface area contributed by atoms with Gasteiger partial charge in [-0.05, 0) is 56.9 Å². The van der Waals surface area contributed by atoms with Crippen molar-refractivity contribution in [1.29, 1.82) is 0 Å². The Balaban J connectivity index is 1.27. The van der Waals surface area contributed by atoms with E-state index in [4.69, 9.17) is 4.74 Å². The minimum absolute atomic E-state index is 0.0817. The highest BCUT2D eigenvalue weighted by Crippen LogP contribution is 2.60. The van der Waals surface area contributed by atoms with Crippen molar-refractivity contribution in [3.05, 3.63) is 59.2 Å². The van der Waals surface area contributed by atoms with Gasteiger partial charge in [-0.15, -0.1) is 0 Å². The summed E-state index contributed by atoms with van der Waals surface area (Å²) in [5.74, 6) is -5.95. The number of halogens is 2. The Kier molecular flexibility index (Phi) is 8.09. The number of hydrogen-bond acceptors (Lipinski definition) is 6. The number of fused-ring (bicyclic) bond motifs is 4. The van der Waals surface area contributed by atoms with Crippen LogP contribution in [0.4, 0.5) is 13.6 Å². The number of piperidine rings is 1. The molecule has 1 heterocycles. The van der Waals surface area contributed by atoms with Crippen LogP contribution in [0.15, 0.2) is 42.5 Å². The molecule has 2 aromatic carbocycles. The fourth-order valence-electron chi connectivity index (χ4n) is 6.40. The van der Waals surface area contributed by atoms with Crippen LogP contribution >= 0.6 is 0 Å². The SMILES string of the molecule is CC(=O)NCCN(C[C@@]12C[C@@H]1N(C(=O)CNC(=O)c1ccc3c(c1)-c1ccccc1C3(F)F)[C@H](C(=O)O)C2)C(=O)OC(C)(C)C. The maximum Gasteiger partial charge on any atom is 0.410 e. The van der Waals surface area contributed by atoms with Gasteiger partial charge in [-0.2, -0.15) is 8.78 Å². The number of carboxylic acids is 1. The lowest BCUT2D eigenvalue weighted by Gasteiger charge is -2.30. The third-order valence-electron chi connectivity index (χ3n) is 8.48. The monoisotopic (exact) mass is 626 g/mol. The molecule has 0 bridgehead atoms. The van der Waals surface area contributed by atoms with Crippen molar-refractivity contribution in [1.82, 2.24) is 20.4 Å². The predicted octanol–water partition coefficient (Wildman–Crippen LogP) is 3.35. The van der Waals surface area contributed by atoms with E-state index in [0.717, 1.165) is 0 Å². The lowest BCUT2D eigenvalue weighted by atomic mass is 9.99. The van der Waals surface area contributed by atoms with Crippen molar-refractivity contribution in [3.8, 4) is 11.1 Å². The Bertz CT molecular complexity index is 1570. The maximum absolute atomic E-state index is 14.9. The van der Waals surface area contributed by atoms with Gasteiger partial charge in [-0.25, -0.2) is 9.59 Å². The first kappa shape index (κ1) is 31.9. The molecule has 240 valence electrons. The smallest absolute Gasteiger partial charge is 0.410 e. The standard InChI is InChI=1S/C32H36F2N4O7/c1-18(39)35-11-12-37(29(44)45-30(2,3)4)17-31-14-24(28(42)43)38(25(31)15-31)26(40)16-36-27(41)19-9-10-23-21(13-19)20-7-5-6-8-22(20)32(23,33)34/h5-10,13,24-25H,11-12,14-17H2,1-4H3,(H,35,39)(H,36,41)(H,42,43)/t24-,25-,31+/m0/s1. The molecule has 0 aromatic heterocycles. The summed E-state index contributed by atoms with van der Waals surface area (Å²) in [6, 6.07) is 8.26. The van der Waals surface area contributed by atoms with Gasteiger partial charge < -0.3 is 30.3 Å². The average molecular weight is 627 g/mol. The number of nitrogens with one attached hydrogen (secondary N) is 2. The number of nitrogens with zero attached hydrogens (tertiary/aromatic N) is 2. The number of rotatable bonds is 9. The molecule has 0 unspecified atom stereocenters. The summed E-state index contributed by atoms with van der Waals surface area (Å²) >= 11 is 0. The van der Waals surface area contributed by atoms with Gasteiger partial charge in [-0.3, -0.25) is 14.4 Å². The Morgan fingerprint density at radius 3 is 2.38 bits per heavy atom. The van der Waals surface area contributed by atoms with Crippen molar-refractivity contribution in [3.63, 3.8) is 0 Å². The van der Waals surface area contributed by atoms with Crippen molar-refractivity contribution in [2.75, 3.05) is 26.2 Å². The highest BCUT2D eigenvalue weighted by atomic mass is 19.3. The molecule has 45 heavy (non-hydrogen) atoms. The van der Waals surface area contributed by atoms with Gasteiger partial charge in [0.1, 0.15) is 11.6 Å². The topological polar surface area (TPSA) is 145 Å². The Morgan fingerprint density at radius 2 is 1.71 bits per heavy atom. The normalized spacial score (nSPS) is 22.0. The second-order valence-electron chi connectivity index (χ2n) is 12.9. The lowest BCUT2D eigenvalue weighted by molar-refractivity contribution is -0.149. The molecule has 2 aromatic rings. The van der Waals surface area contributed by atoms with Gasteiger partial charge in [0.15, 0.2) is 0 Å². The fourth-order valence-corrected chi connectivity index (χ4v) is 6.40. The summed E-state index contributed by atoms with van der Waals surface area (Å²) in [6.45, 7) is 6.42. The molecular weight excluding hydrogens is 590 g/mol. The van der Waals surface area contributed by atoms with E-state index in [2.05, 4.69) is 10.6 Å². The molecule has 1 aliphatic heterocycles. The summed E-state index contributed by atoms with van der Waals surface area (Å²) in [5, 5.41) is 15.1. The zero-order valence-electron chi connectivity index (χ0n) is 25.5. The van der Waals surface area contributed by atoms with E-state index in [-0.39, 0.29) is 54.2 Å². The number of benzene rings is 2. The van der Waals surface area contributed by atoms with Gasteiger partial charge >= 0.3 is 12.1 Å². The van der Waals surface area contributed by atoms with Crippen LogP contribution in [0.25, 0.3) is 11.1 Å². The predicted molar refractivity (Wildman–Crippen MR) is 157 cm³/mol. The molecule has 3 aliphatic rings. The summed E-state index contributed by atoms with van der Waals surface area (Å²) in [4.78, 5) is 65.6. The number of carboxylic acid groups (broad SMARTS) is 1. The number of carbonyl (C=O) groups is 5. The second-order valence-corrected chi connectivity index (χ2v) is 12.9. The first-order valence-corrected chi connectivity index (χ1v) is 14.7. The van der Waals surface area contributed by atoms with Gasteiger partial charge in [0.05, 0.1) is 6.54 Å². The van der Waals surface area contributed by atoms with Crippen molar-refractivity contribution in [2.45, 2.75) is 64.1 Å². The summed E-state index contributed by atoms with van der Waals surface area (Å²) in [6.07, 6.45) is -0.0645. The van der Waals surface area contributed by atoms with Crippen LogP contribution in [-0.4, -0.2) is 88.6 Å². The van der Waals surface area contributed by atoms with Gasteiger partial charge in [-0.1, -0.05) is 30.3 Å². The molecule has 2 aliphatic carbocycles. The van der Waals surface area contributed by atoms with E-state index in [1.54, 1.807) is 32.9 Å². The van der Waals surface area contributed by atoms with Crippen molar-refractivity contribution < 1.29 is 42.6 Å². The van der Waals surface area contributed by atoms with Gasteiger partial charge in [0.25, 0.3) is 11.8 Å². The highest BCUT2D eigenvalue weighted by Gasteiger charge is 2.68. The molecule has 13 heteroatoms. The molecule has 1 saturated carbocycles. The molecule has 1 saturated heterocycles. The van der Waals surface area contributed by atoms with E-state index in [9.17, 15) is 37.9 Å². The van der Waals surface area contributed by atoms with Crippen molar-refractivity contribution in [2.24, 2.45) is 5.41 Å². The number of alkyl halides is 2. The van der Waals surface area contributed by atoms with Crippen LogP contribution in [0.2, 0.25) is 0 Å². The van der Waals surface area contributed by atoms with Crippen LogP contribution in [0.3, 0.4) is 0 Å². The molecule has 0 spiro atoms. The molecule has 3 atom stereocenters. The third kappa shape index (κ3) is 6.20. The fraction of sp³-hybridized carbons (Fsp3) is 0.469. The van der Waals surface area contributed by atoms with Crippen LogP contribution in [0, 0.1) is 5.41 Å². The second kappa shape index (κ2) is 11.4. The zero-order chi connectivity index (χ0) is 32.9. The molecule has 4 amide bonds. The number of carbonyl (C=O) groups excluding carboxylic acids is 4. The van der Waals surface area contributed by atoms with Crippen LogP contribution in [-0.2, 0) is 25.0 Å². The molecule has 5 rings (SSSR count). The third-order valence-corrected chi connectivity index (χ3v) is 8.48. The molecular formula is C32H36F2N4O7. The quantitative estimate of drug-likeness (QED) is 0.387. The molecule has 2 fully saturated rings.